The molecule has 184 valence electrons. The van der Waals surface area contributed by atoms with Gasteiger partial charge in [0.05, 0.1) is 32.0 Å². The molecule has 0 aliphatic carbocycles. The van der Waals surface area contributed by atoms with Gasteiger partial charge in [-0.25, -0.2) is 0 Å². The molecule has 1 aromatic heterocycles. The number of hydrogen-bond donors (Lipinski definition) is 0. The van der Waals surface area contributed by atoms with E-state index in [1.807, 2.05) is 35.2 Å². The molecule has 1 amide bonds. The average molecular weight is 475 g/mol. The number of carbonyl (C=O) groups is 1. The molecule has 4 heterocycles. The van der Waals surface area contributed by atoms with Crippen molar-refractivity contribution in [3.8, 4) is 11.5 Å². The Hall–Kier alpha value is -3.19. The van der Waals surface area contributed by atoms with Gasteiger partial charge in [-0.3, -0.25) is 19.7 Å². The second-order valence-corrected chi connectivity index (χ2v) is 9.64. The molecule has 0 radical (unpaired) electrons. The molecule has 0 N–H and O–H groups in total. The normalized spacial score (nSPS) is 20.5. The number of amides is 1. The van der Waals surface area contributed by atoms with Crippen molar-refractivity contribution >= 4 is 11.6 Å². The summed E-state index contributed by atoms with van der Waals surface area (Å²) in [6, 6.07) is 9.92. The van der Waals surface area contributed by atoms with E-state index in [9.17, 15) is 4.79 Å². The number of benzene rings is 1. The molecule has 3 aliphatic heterocycles. The van der Waals surface area contributed by atoms with Gasteiger partial charge in [0.2, 0.25) is 5.91 Å². The molecule has 1 saturated heterocycles. The number of aromatic nitrogens is 1. The van der Waals surface area contributed by atoms with Crippen LogP contribution in [0.4, 0.5) is 0 Å². The van der Waals surface area contributed by atoms with E-state index in [1.54, 1.807) is 26.6 Å². The summed E-state index contributed by atoms with van der Waals surface area (Å²) in [7, 11) is 3.40. The van der Waals surface area contributed by atoms with Crippen molar-refractivity contribution in [3.05, 3.63) is 65.0 Å². The van der Waals surface area contributed by atoms with E-state index in [0.29, 0.717) is 18.9 Å². The minimum Gasteiger partial charge on any atom is -0.496 e. The summed E-state index contributed by atoms with van der Waals surface area (Å²) in [5, 5.41) is 0. The summed E-state index contributed by atoms with van der Waals surface area (Å²) in [6.45, 7) is 4.94. The maximum Gasteiger partial charge on any atom is 0.223 e. The second-order valence-electron chi connectivity index (χ2n) is 9.64. The quantitative estimate of drug-likeness (QED) is 0.612. The number of hydrogen-bond acceptors (Lipinski definition) is 6. The predicted octanol–water partition coefficient (Wildman–Crippen LogP) is 3.73. The van der Waals surface area contributed by atoms with Gasteiger partial charge in [-0.05, 0) is 67.1 Å². The number of pyridine rings is 1. The van der Waals surface area contributed by atoms with E-state index in [4.69, 9.17) is 14.5 Å². The molecule has 7 nitrogen and oxygen atoms in total. The number of ether oxygens (including phenoxy) is 2. The molecular weight excluding hydrogens is 440 g/mol. The Bertz CT molecular complexity index is 1110. The highest BCUT2D eigenvalue weighted by molar-refractivity contribution is 6.15. The van der Waals surface area contributed by atoms with Gasteiger partial charge in [0, 0.05) is 50.6 Å². The lowest BCUT2D eigenvalue weighted by molar-refractivity contribution is -0.132. The zero-order chi connectivity index (χ0) is 24.2. The first-order valence-electron chi connectivity index (χ1n) is 12.5. The van der Waals surface area contributed by atoms with Crippen LogP contribution in [0.2, 0.25) is 0 Å². The summed E-state index contributed by atoms with van der Waals surface area (Å²) in [6.07, 6.45) is 7.32. The third kappa shape index (κ3) is 5.10. The number of carbonyl (C=O) groups excluding carboxylic acids is 1. The number of methoxy groups -OCH3 is 2. The van der Waals surface area contributed by atoms with Gasteiger partial charge in [0.1, 0.15) is 11.5 Å². The van der Waals surface area contributed by atoms with E-state index in [-0.39, 0.29) is 5.91 Å². The number of aliphatic imine (C=N–C) groups is 1. The molecule has 0 unspecified atom stereocenters. The molecule has 0 bridgehead atoms. The molecule has 7 heteroatoms. The largest absolute Gasteiger partial charge is 0.496 e. The van der Waals surface area contributed by atoms with E-state index >= 15 is 0 Å². The van der Waals surface area contributed by atoms with Crippen molar-refractivity contribution in [1.29, 1.82) is 0 Å². The van der Waals surface area contributed by atoms with E-state index in [2.05, 4.69) is 9.88 Å². The SMILES string of the molecule is COc1cccc(OC)c1CN1CCC[C@@H](CC(=O)N2CCC3=C(C2)C(c2ccncc2)=NC3)C1. The molecular formula is C28H34N4O3. The Morgan fingerprint density at radius 1 is 1.09 bits per heavy atom. The average Bonchev–Trinajstić information content (AvgIpc) is 3.33. The third-order valence-corrected chi connectivity index (χ3v) is 7.46. The Balaban J connectivity index is 1.21. The van der Waals surface area contributed by atoms with Crippen molar-refractivity contribution in [2.75, 3.05) is 46.9 Å². The van der Waals surface area contributed by atoms with E-state index in [0.717, 1.165) is 80.3 Å². The standard InChI is InChI=1S/C28H34N4O3/c1-34-25-6-3-7-26(35-2)24(25)18-31-13-4-5-20(17-31)15-27(33)32-14-10-22-16-30-28(23(22)19-32)21-8-11-29-12-9-21/h3,6-9,11-12,20H,4-5,10,13-19H2,1-2H3/t20-/m0/s1. The maximum absolute atomic E-state index is 13.4. The molecule has 3 aliphatic rings. The van der Waals surface area contributed by atoms with Crippen LogP contribution < -0.4 is 9.47 Å². The lowest BCUT2D eigenvalue weighted by Gasteiger charge is -2.35. The summed E-state index contributed by atoms with van der Waals surface area (Å²) in [4.78, 5) is 26.8. The molecule has 5 rings (SSSR count). The Morgan fingerprint density at radius 3 is 2.60 bits per heavy atom. The zero-order valence-electron chi connectivity index (χ0n) is 20.7. The van der Waals surface area contributed by atoms with Crippen LogP contribution >= 0.6 is 0 Å². The van der Waals surface area contributed by atoms with E-state index < -0.39 is 0 Å². The minimum absolute atomic E-state index is 0.263. The first-order chi connectivity index (χ1) is 17.2. The first kappa shape index (κ1) is 23.5. The van der Waals surface area contributed by atoms with Gasteiger partial charge < -0.3 is 14.4 Å². The van der Waals surface area contributed by atoms with Crippen molar-refractivity contribution in [1.82, 2.24) is 14.8 Å². The number of nitrogens with zero attached hydrogens (tertiary/aromatic N) is 4. The fourth-order valence-electron chi connectivity index (χ4n) is 5.62. The van der Waals surface area contributed by atoms with Crippen molar-refractivity contribution in [3.63, 3.8) is 0 Å². The van der Waals surface area contributed by atoms with Crippen molar-refractivity contribution < 1.29 is 14.3 Å². The molecule has 1 atom stereocenters. The highest BCUT2D eigenvalue weighted by Gasteiger charge is 2.31. The van der Waals surface area contributed by atoms with Gasteiger partial charge in [-0.2, -0.15) is 0 Å². The molecule has 0 spiro atoms. The smallest absolute Gasteiger partial charge is 0.223 e. The molecule has 35 heavy (non-hydrogen) atoms. The van der Waals surface area contributed by atoms with Gasteiger partial charge >= 0.3 is 0 Å². The van der Waals surface area contributed by atoms with Crippen LogP contribution in [0.15, 0.2) is 58.9 Å². The monoisotopic (exact) mass is 474 g/mol. The number of likely N-dealkylation sites (tertiary alicyclic amines) is 1. The van der Waals surface area contributed by atoms with Crippen LogP contribution in [0, 0.1) is 5.92 Å². The molecule has 1 fully saturated rings. The Kier molecular flexibility index (Phi) is 7.13. The summed E-state index contributed by atoms with van der Waals surface area (Å²) in [5.74, 6) is 2.33. The van der Waals surface area contributed by atoms with Gasteiger partial charge in [-0.1, -0.05) is 6.07 Å². The van der Waals surface area contributed by atoms with Crippen LogP contribution in [0.1, 0.15) is 36.8 Å². The topological polar surface area (TPSA) is 67.3 Å². The first-order valence-corrected chi connectivity index (χ1v) is 12.5. The Morgan fingerprint density at radius 2 is 1.86 bits per heavy atom. The minimum atomic E-state index is 0.263. The van der Waals surface area contributed by atoms with Crippen LogP contribution in [-0.4, -0.2) is 73.3 Å². The highest BCUT2D eigenvalue weighted by atomic mass is 16.5. The molecule has 2 aromatic rings. The number of rotatable bonds is 7. The second kappa shape index (κ2) is 10.6. The van der Waals surface area contributed by atoms with Crippen LogP contribution in [-0.2, 0) is 11.3 Å². The zero-order valence-corrected chi connectivity index (χ0v) is 20.7. The van der Waals surface area contributed by atoms with E-state index in [1.165, 1.54) is 11.1 Å². The summed E-state index contributed by atoms with van der Waals surface area (Å²) < 4.78 is 11.2. The van der Waals surface area contributed by atoms with Gasteiger partial charge in [-0.15, -0.1) is 0 Å². The predicted molar refractivity (Wildman–Crippen MR) is 136 cm³/mol. The third-order valence-electron chi connectivity index (χ3n) is 7.46. The molecule has 0 saturated carbocycles. The Labute approximate surface area is 207 Å². The highest BCUT2D eigenvalue weighted by Crippen LogP contribution is 2.32. The van der Waals surface area contributed by atoms with Gasteiger partial charge in [0.15, 0.2) is 0 Å². The van der Waals surface area contributed by atoms with Crippen LogP contribution in [0.25, 0.3) is 0 Å². The lowest BCUT2D eigenvalue weighted by atomic mass is 9.92. The summed E-state index contributed by atoms with van der Waals surface area (Å²) in [5.41, 5.74) is 5.83. The van der Waals surface area contributed by atoms with Gasteiger partial charge in [0.25, 0.3) is 0 Å². The van der Waals surface area contributed by atoms with Crippen molar-refractivity contribution in [2.45, 2.75) is 32.2 Å². The maximum atomic E-state index is 13.4. The lowest BCUT2D eigenvalue weighted by Crippen LogP contribution is -2.41. The fraction of sp³-hybridized carbons (Fsp3) is 0.464. The fourth-order valence-corrected chi connectivity index (χ4v) is 5.62. The van der Waals surface area contributed by atoms with Crippen LogP contribution in [0.5, 0.6) is 11.5 Å². The molecule has 1 aromatic carbocycles. The number of piperidine rings is 1. The summed E-state index contributed by atoms with van der Waals surface area (Å²) >= 11 is 0. The van der Waals surface area contributed by atoms with Crippen LogP contribution in [0.3, 0.4) is 0 Å². The van der Waals surface area contributed by atoms with Crippen molar-refractivity contribution in [2.24, 2.45) is 10.9 Å².